The van der Waals surface area contributed by atoms with Gasteiger partial charge in [0.2, 0.25) is 0 Å². The molecule has 0 aromatic heterocycles. The molecular weight excluding hydrogens is 276 g/mol. The van der Waals surface area contributed by atoms with Gasteiger partial charge < -0.3 is 0 Å². The molecular formula is C10H20N2O4S2. The molecule has 0 radical (unpaired) electrons. The SMILES string of the molecule is CCS(=O)(=O)C1CN(S(=O)(=O)N2CCCC2C)C1. The van der Waals surface area contributed by atoms with Crippen LogP contribution < -0.4 is 0 Å². The first-order valence-corrected chi connectivity index (χ1v) is 9.38. The van der Waals surface area contributed by atoms with Gasteiger partial charge in [0.15, 0.2) is 9.84 Å². The lowest BCUT2D eigenvalue weighted by molar-refractivity contribution is 0.271. The van der Waals surface area contributed by atoms with Crippen molar-refractivity contribution < 1.29 is 16.8 Å². The fraction of sp³-hybridized carbons (Fsp3) is 1.00. The second-order valence-corrected chi connectivity index (χ2v) is 9.45. The van der Waals surface area contributed by atoms with E-state index in [1.807, 2.05) is 6.92 Å². The van der Waals surface area contributed by atoms with Crippen molar-refractivity contribution in [3.8, 4) is 0 Å². The van der Waals surface area contributed by atoms with Gasteiger partial charge in [-0.2, -0.15) is 17.0 Å². The van der Waals surface area contributed by atoms with Gasteiger partial charge in [-0.05, 0) is 19.8 Å². The molecule has 2 aliphatic rings. The Bertz CT molecular complexity index is 508. The van der Waals surface area contributed by atoms with Crippen molar-refractivity contribution in [1.82, 2.24) is 8.61 Å². The van der Waals surface area contributed by atoms with Crippen LogP contribution in [0.4, 0.5) is 0 Å². The highest BCUT2D eigenvalue weighted by molar-refractivity contribution is 7.92. The third kappa shape index (κ3) is 2.31. The largest absolute Gasteiger partial charge is 0.282 e. The Morgan fingerprint density at radius 2 is 1.78 bits per heavy atom. The van der Waals surface area contributed by atoms with Crippen LogP contribution in [0.3, 0.4) is 0 Å². The minimum absolute atomic E-state index is 0.0248. The highest BCUT2D eigenvalue weighted by Gasteiger charge is 2.46. The predicted molar refractivity (Wildman–Crippen MR) is 69.1 cm³/mol. The maximum Gasteiger partial charge on any atom is 0.282 e. The summed E-state index contributed by atoms with van der Waals surface area (Å²) in [5.41, 5.74) is 0. The van der Waals surface area contributed by atoms with Crippen LogP contribution in [0.2, 0.25) is 0 Å². The van der Waals surface area contributed by atoms with Gasteiger partial charge in [0.1, 0.15) is 0 Å². The summed E-state index contributed by atoms with van der Waals surface area (Å²) in [5.74, 6) is 0.0751. The number of hydrogen-bond acceptors (Lipinski definition) is 4. The first-order valence-electron chi connectivity index (χ1n) is 6.27. The molecule has 2 saturated heterocycles. The van der Waals surface area contributed by atoms with E-state index in [0.29, 0.717) is 6.54 Å². The van der Waals surface area contributed by atoms with E-state index >= 15 is 0 Å². The first-order chi connectivity index (χ1) is 8.29. The average molecular weight is 296 g/mol. The summed E-state index contributed by atoms with van der Waals surface area (Å²) in [5, 5.41) is -0.518. The van der Waals surface area contributed by atoms with Crippen LogP contribution in [-0.4, -0.2) is 62.1 Å². The Labute approximate surface area is 109 Å². The van der Waals surface area contributed by atoms with Crippen LogP contribution in [0, 0.1) is 0 Å². The molecule has 0 aliphatic carbocycles. The lowest BCUT2D eigenvalue weighted by Crippen LogP contribution is -2.60. The summed E-state index contributed by atoms with van der Waals surface area (Å²) >= 11 is 0. The monoisotopic (exact) mass is 296 g/mol. The van der Waals surface area contributed by atoms with Crippen molar-refractivity contribution >= 4 is 20.0 Å². The predicted octanol–water partition coefficient (Wildman–Crippen LogP) is -0.166. The zero-order valence-electron chi connectivity index (χ0n) is 10.7. The van der Waals surface area contributed by atoms with Crippen LogP contribution in [0.25, 0.3) is 0 Å². The summed E-state index contributed by atoms with van der Waals surface area (Å²) in [4.78, 5) is 0. The highest BCUT2D eigenvalue weighted by atomic mass is 32.2. The Kier molecular flexibility index (Phi) is 3.74. The van der Waals surface area contributed by atoms with E-state index in [1.165, 1.54) is 8.61 Å². The third-order valence-electron chi connectivity index (χ3n) is 3.84. The van der Waals surface area contributed by atoms with E-state index in [-0.39, 0.29) is 24.9 Å². The Morgan fingerprint density at radius 1 is 1.17 bits per heavy atom. The van der Waals surface area contributed by atoms with Crippen molar-refractivity contribution in [2.75, 3.05) is 25.4 Å². The average Bonchev–Trinajstić information content (AvgIpc) is 2.61. The summed E-state index contributed by atoms with van der Waals surface area (Å²) < 4.78 is 50.5. The van der Waals surface area contributed by atoms with Crippen molar-refractivity contribution in [3.63, 3.8) is 0 Å². The van der Waals surface area contributed by atoms with Gasteiger partial charge in [0.05, 0.1) is 5.25 Å². The molecule has 0 aromatic carbocycles. The van der Waals surface area contributed by atoms with E-state index in [9.17, 15) is 16.8 Å². The van der Waals surface area contributed by atoms with E-state index in [1.54, 1.807) is 6.92 Å². The van der Waals surface area contributed by atoms with Crippen LogP contribution >= 0.6 is 0 Å². The molecule has 1 unspecified atom stereocenters. The first kappa shape index (κ1) is 14.2. The van der Waals surface area contributed by atoms with E-state index in [4.69, 9.17) is 0 Å². The molecule has 0 amide bonds. The topological polar surface area (TPSA) is 74.8 Å². The third-order valence-corrected chi connectivity index (χ3v) is 8.04. The second kappa shape index (κ2) is 4.73. The number of nitrogens with zero attached hydrogens (tertiary/aromatic N) is 2. The molecule has 1 atom stereocenters. The summed E-state index contributed by atoms with van der Waals surface area (Å²) in [7, 11) is -6.57. The lowest BCUT2D eigenvalue weighted by atomic mass is 10.3. The smallest absolute Gasteiger partial charge is 0.228 e. The van der Waals surface area contributed by atoms with Crippen molar-refractivity contribution in [3.05, 3.63) is 0 Å². The summed E-state index contributed by atoms with van der Waals surface area (Å²) in [6, 6.07) is 0.0248. The standard InChI is InChI=1S/C10H20N2O4S2/c1-3-17(13,14)10-7-11(8-10)18(15,16)12-6-4-5-9(12)2/h9-10H,3-8H2,1-2H3. The Balaban J connectivity index is 2.04. The fourth-order valence-corrected chi connectivity index (χ4v) is 5.88. The molecule has 2 heterocycles. The number of hydrogen-bond donors (Lipinski definition) is 0. The number of rotatable bonds is 4. The number of sulfone groups is 1. The Hall–Kier alpha value is -0.180. The van der Waals surface area contributed by atoms with Gasteiger partial charge in [-0.15, -0.1) is 0 Å². The molecule has 2 fully saturated rings. The van der Waals surface area contributed by atoms with Crippen molar-refractivity contribution in [2.24, 2.45) is 0 Å². The minimum atomic E-state index is -3.45. The fourth-order valence-electron chi connectivity index (χ4n) is 2.45. The van der Waals surface area contributed by atoms with Crippen LogP contribution in [0.15, 0.2) is 0 Å². The normalized spacial score (nSPS) is 28.4. The molecule has 0 saturated carbocycles. The zero-order valence-corrected chi connectivity index (χ0v) is 12.4. The van der Waals surface area contributed by atoms with Gasteiger partial charge in [-0.3, -0.25) is 0 Å². The van der Waals surface area contributed by atoms with Gasteiger partial charge in [-0.25, -0.2) is 8.42 Å². The molecule has 6 nitrogen and oxygen atoms in total. The van der Waals surface area contributed by atoms with Crippen LogP contribution in [0.5, 0.6) is 0 Å². The molecule has 8 heteroatoms. The van der Waals surface area contributed by atoms with Gasteiger partial charge in [0, 0.05) is 31.4 Å². The van der Waals surface area contributed by atoms with E-state index in [0.717, 1.165) is 12.8 Å². The molecule has 0 spiro atoms. The molecule has 0 N–H and O–H groups in total. The maximum absolute atomic E-state index is 12.2. The zero-order chi connectivity index (χ0) is 13.6. The van der Waals surface area contributed by atoms with E-state index < -0.39 is 25.3 Å². The molecule has 2 aliphatic heterocycles. The lowest BCUT2D eigenvalue weighted by Gasteiger charge is -2.40. The van der Waals surface area contributed by atoms with Gasteiger partial charge >= 0.3 is 0 Å². The summed E-state index contributed by atoms with van der Waals surface area (Å²) in [6.45, 7) is 4.26. The van der Waals surface area contributed by atoms with E-state index in [2.05, 4.69) is 0 Å². The van der Waals surface area contributed by atoms with Gasteiger partial charge in [-0.1, -0.05) is 6.92 Å². The van der Waals surface area contributed by atoms with Crippen LogP contribution in [0.1, 0.15) is 26.7 Å². The highest BCUT2D eigenvalue weighted by Crippen LogP contribution is 2.27. The summed E-state index contributed by atoms with van der Waals surface area (Å²) in [6.07, 6.45) is 1.76. The molecule has 0 aromatic rings. The van der Waals surface area contributed by atoms with Gasteiger partial charge in [0.25, 0.3) is 10.2 Å². The quantitative estimate of drug-likeness (QED) is 0.722. The van der Waals surface area contributed by atoms with Crippen molar-refractivity contribution in [1.29, 1.82) is 0 Å². The Morgan fingerprint density at radius 3 is 2.22 bits per heavy atom. The second-order valence-electron chi connectivity index (χ2n) is 5.00. The maximum atomic E-state index is 12.2. The molecule has 0 bridgehead atoms. The van der Waals surface area contributed by atoms with Crippen LogP contribution in [-0.2, 0) is 20.0 Å². The molecule has 106 valence electrons. The molecule has 18 heavy (non-hydrogen) atoms. The van der Waals surface area contributed by atoms with Crippen molar-refractivity contribution in [2.45, 2.75) is 38.0 Å². The molecule has 2 rings (SSSR count). The minimum Gasteiger partial charge on any atom is -0.228 e.